The number of ether oxygens (including phenoxy) is 3. The third-order valence-electron chi connectivity index (χ3n) is 5.29. The summed E-state index contributed by atoms with van der Waals surface area (Å²) in [7, 11) is 4.62. The molecule has 1 atom stereocenters. The molecule has 0 saturated heterocycles. The largest absolute Gasteiger partial charge is 0.508 e. The van der Waals surface area contributed by atoms with Crippen LogP contribution in [0.2, 0.25) is 0 Å². The maximum absolute atomic E-state index is 13.2. The molecule has 0 radical (unpaired) electrons. The number of unbranched alkanes of at least 4 members (excludes halogenated alkanes) is 2. The highest BCUT2D eigenvalue weighted by atomic mass is 16.5. The van der Waals surface area contributed by atoms with Crippen LogP contribution in [-0.2, 0) is 4.79 Å². The molecule has 1 unspecified atom stereocenters. The number of fused-ring (bicyclic) bond motifs is 1. The average molecular weight is 413 g/mol. The number of phenols is 1. The Bertz CT molecular complexity index is 955. The maximum Gasteiger partial charge on any atom is 0.237 e. The SMILES string of the molecule is CCCCCC1C(=O)c2cc(OC)cc(Oc3ccc(O)cc3OC)c2N(C)C1=O. The molecule has 30 heavy (non-hydrogen) atoms. The number of nitrogens with zero attached hydrogens (tertiary/aromatic N) is 1. The first-order valence-corrected chi connectivity index (χ1v) is 9.99. The number of carbonyl (C=O) groups is 2. The van der Waals surface area contributed by atoms with E-state index in [9.17, 15) is 14.7 Å². The quantitative estimate of drug-likeness (QED) is 0.504. The molecule has 0 fully saturated rings. The van der Waals surface area contributed by atoms with Crippen molar-refractivity contribution in [1.82, 2.24) is 0 Å². The fraction of sp³-hybridized carbons (Fsp3) is 0.391. The smallest absolute Gasteiger partial charge is 0.237 e. The van der Waals surface area contributed by atoms with Gasteiger partial charge in [-0.25, -0.2) is 0 Å². The Morgan fingerprint density at radius 3 is 2.43 bits per heavy atom. The summed E-state index contributed by atoms with van der Waals surface area (Å²) in [6.45, 7) is 2.08. The van der Waals surface area contributed by atoms with Crippen molar-refractivity contribution in [2.45, 2.75) is 32.6 Å². The fourth-order valence-corrected chi connectivity index (χ4v) is 3.67. The van der Waals surface area contributed by atoms with Crippen molar-refractivity contribution in [3.05, 3.63) is 35.9 Å². The first kappa shape index (κ1) is 21.5. The first-order valence-electron chi connectivity index (χ1n) is 9.99. The third kappa shape index (κ3) is 4.06. The summed E-state index contributed by atoms with van der Waals surface area (Å²) >= 11 is 0. The van der Waals surface area contributed by atoms with Gasteiger partial charge in [0.2, 0.25) is 5.91 Å². The van der Waals surface area contributed by atoms with E-state index >= 15 is 0 Å². The Kier molecular flexibility index (Phi) is 6.50. The standard InChI is InChI=1S/C23H27NO6/c1-5-6-7-8-16-22(26)17-12-15(28-3)13-20(21(17)24(2)23(16)27)30-18-10-9-14(25)11-19(18)29-4/h9-13,16,25H,5-8H2,1-4H3. The van der Waals surface area contributed by atoms with Gasteiger partial charge in [0, 0.05) is 24.7 Å². The van der Waals surface area contributed by atoms with Gasteiger partial charge in [-0.15, -0.1) is 0 Å². The van der Waals surface area contributed by atoms with Gasteiger partial charge in [0.15, 0.2) is 23.0 Å². The van der Waals surface area contributed by atoms with Crippen molar-refractivity contribution in [2.24, 2.45) is 5.92 Å². The summed E-state index contributed by atoms with van der Waals surface area (Å²) < 4.78 is 16.7. The third-order valence-corrected chi connectivity index (χ3v) is 5.29. The summed E-state index contributed by atoms with van der Waals surface area (Å²) in [6.07, 6.45) is 3.33. The number of amides is 1. The maximum atomic E-state index is 13.2. The highest BCUT2D eigenvalue weighted by Gasteiger charge is 2.39. The van der Waals surface area contributed by atoms with Crippen molar-refractivity contribution in [2.75, 3.05) is 26.2 Å². The van der Waals surface area contributed by atoms with Gasteiger partial charge in [-0.2, -0.15) is 0 Å². The highest BCUT2D eigenvalue weighted by Crippen LogP contribution is 2.45. The van der Waals surface area contributed by atoms with Crippen LogP contribution < -0.4 is 19.1 Å². The first-order chi connectivity index (χ1) is 14.4. The Balaban J connectivity index is 2.06. The lowest BCUT2D eigenvalue weighted by molar-refractivity contribution is -0.121. The van der Waals surface area contributed by atoms with Crippen LogP contribution in [0.3, 0.4) is 0 Å². The number of anilines is 1. The van der Waals surface area contributed by atoms with E-state index in [4.69, 9.17) is 14.2 Å². The number of rotatable bonds is 8. The molecule has 0 spiro atoms. The molecule has 0 saturated carbocycles. The molecule has 2 aromatic carbocycles. The zero-order valence-corrected chi connectivity index (χ0v) is 17.7. The van der Waals surface area contributed by atoms with Crippen molar-refractivity contribution in [3.8, 4) is 28.7 Å². The van der Waals surface area contributed by atoms with E-state index in [1.165, 1.54) is 31.3 Å². The summed E-state index contributed by atoms with van der Waals surface area (Å²) in [6, 6.07) is 7.72. The second-order valence-corrected chi connectivity index (χ2v) is 7.27. The Hall–Kier alpha value is -3.22. The molecule has 160 valence electrons. The number of hydrogen-bond donors (Lipinski definition) is 1. The van der Waals surface area contributed by atoms with Gasteiger partial charge in [-0.3, -0.25) is 9.59 Å². The van der Waals surface area contributed by atoms with Crippen LogP contribution in [0.25, 0.3) is 0 Å². The molecule has 1 aliphatic heterocycles. The summed E-state index contributed by atoms with van der Waals surface area (Å²) in [5.41, 5.74) is 0.790. The average Bonchev–Trinajstić information content (AvgIpc) is 2.75. The number of phenolic OH excluding ortho intramolecular Hbond substituents is 1. The highest BCUT2D eigenvalue weighted by molar-refractivity contribution is 6.22. The number of hydrogen-bond acceptors (Lipinski definition) is 6. The molecule has 3 rings (SSSR count). The molecule has 2 aromatic rings. The zero-order valence-electron chi connectivity index (χ0n) is 17.7. The van der Waals surface area contributed by atoms with Gasteiger partial charge in [-0.1, -0.05) is 26.2 Å². The van der Waals surface area contributed by atoms with Crippen molar-refractivity contribution in [1.29, 1.82) is 0 Å². The molecule has 7 nitrogen and oxygen atoms in total. The molecular formula is C23H27NO6. The normalized spacial score (nSPS) is 15.7. The molecular weight excluding hydrogens is 386 g/mol. The van der Waals surface area contributed by atoms with Crippen LogP contribution in [0.4, 0.5) is 5.69 Å². The minimum absolute atomic E-state index is 0.0317. The molecule has 1 amide bonds. The molecule has 1 N–H and O–H groups in total. The van der Waals surface area contributed by atoms with E-state index in [2.05, 4.69) is 6.92 Å². The second-order valence-electron chi connectivity index (χ2n) is 7.27. The lowest BCUT2D eigenvalue weighted by atomic mass is 9.86. The van der Waals surface area contributed by atoms with E-state index < -0.39 is 5.92 Å². The zero-order chi connectivity index (χ0) is 21.8. The van der Waals surface area contributed by atoms with Crippen LogP contribution in [0.1, 0.15) is 43.0 Å². The van der Waals surface area contributed by atoms with E-state index in [-0.39, 0.29) is 17.4 Å². The molecule has 1 heterocycles. The van der Waals surface area contributed by atoms with Gasteiger partial charge >= 0.3 is 0 Å². The van der Waals surface area contributed by atoms with Crippen molar-refractivity contribution in [3.63, 3.8) is 0 Å². The summed E-state index contributed by atoms with van der Waals surface area (Å²) in [5, 5.41) is 9.69. The van der Waals surface area contributed by atoms with Gasteiger partial charge < -0.3 is 24.2 Å². The minimum Gasteiger partial charge on any atom is -0.508 e. The molecule has 0 aromatic heterocycles. The van der Waals surface area contributed by atoms with Crippen LogP contribution in [0.15, 0.2) is 30.3 Å². The Morgan fingerprint density at radius 2 is 1.77 bits per heavy atom. The lowest BCUT2D eigenvalue weighted by Crippen LogP contribution is -2.42. The van der Waals surface area contributed by atoms with Crippen molar-refractivity contribution >= 4 is 17.4 Å². The number of methoxy groups -OCH3 is 2. The molecule has 7 heteroatoms. The second kappa shape index (κ2) is 9.07. The Labute approximate surface area is 176 Å². The number of Topliss-reactive ketones (excluding diaryl/α,β-unsaturated/α-hetero) is 1. The van der Waals surface area contributed by atoms with Crippen LogP contribution in [0, 0.1) is 5.92 Å². The lowest BCUT2D eigenvalue weighted by Gasteiger charge is -2.32. The van der Waals surface area contributed by atoms with Gasteiger partial charge in [0.1, 0.15) is 17.4 Å². The van der Waals surface area contributed by atoms with Crippen LogP contribution in [-0.4, -0.2) is 38.1 Å². The van der Waals surface area contributed by atoms with Gasteiger partial charge in [0.25, 0.3) is 0 Å². The van der Waals surface area contributed by atoms with Crippen LogP contribution >= 0.6 is 0 Å². The number of benzene rings is 2. The van der Waals surface area contributed by atoms with Crippen LogP contribution in [0.5, 0.6) is 28.7 Å². The number of aromatic hydroxyl groups is 1. The number of carbonyl (C=O) groups excluding carboxylic acids is 2. The monoisotopic (exact) mass is 413 g/mol. The number of ketones is 1. The predicted molar refractivity (Wildman–Crippen MR) is 113 cm³/mol. The summed E-state index contributed by atoms with van der Waals surface area (Å²) in [5.74, 6) is 0.280. The van der Waals surface area contributed by atoms with E-state index in [1.54, 1.807) is 25.2 Å². The molecule has 1 aliphatic rings. The topological polar surface area (TPSA) is 85.3 Å². The van der Waals surface area contributed by atoms with Gasteiger partial charge in [-0.05, 0) is 24.6 Å². The molecule has 0 aliphatic carbocycles. The van der Waals surface area contributed by atoms with Gasteiger partial charge in [0.05, 0.1) is 19.9 Å². The minimum atomic E-state index is -0.697. The molecule has 0 bridgehead atoms. The predicted octanol–water partition coefficient (Wildman–Crippen LogP) is 4.56. The summed E-state index contributed by atoms with van der Waals surface area (Å²) in [4.78, 5) is 27.7. The fourth-order valence-electron chi connectivity index (χ4n) is 3.67. The van der Waals surface area contributed by atoms with E-state index in [1.807, 2.05) is 0 Å². The Morgan fingerprint density at radius 1 is 1.00 bits per heavy atom. The van der Waals surface area contributed by atoms with Crippen molar-refractivity contribution < 1.29 is 28.9 Å². The van der Waals surface area contributed by atoms with E-state index in [0.29, 0.717) is 40.7 Å². The van der Waals surface area contributed by atoms with E-state index in [0.717, 1.165) is 19.3 Å².